The number of nitrogens with two attached hydrogens (primary N) is 1. The summed E-state index contributed by atoms with van der Waals surface area (Å²) < 4.78 is 0. The summed E-state index contributed by atoms with van der Waals surface area (Å²) in [5.41, 5.74) is 6.99. The number of carbonyl (C=O) groups excluding carboxylic acids is 1. The number of hydrogen-bond donors (Lipinski definition) is 2. The second-order valence-electron chi connectivity index (χ2n) is 5.59. The molecule has 4 heteroatoms. The standard InChI is InChI=1S/C16H25ClN2O/c1-4-5-14(18)10-15(20)19-16(11(2)3)12-6-8-13(17)9-7-12/h6-9,11,14,16H,4-5,10,18H2,1-3H3,(H,19,20). The van der Waals surface area contributed by atoms with Crippen molar-refractivity contribution in [2.75, 3.05) is 0 Å². The lowest BCUT2D eigenvalue weighted by Gasteiger charge is -2.24. The molecule has 1 amide bonds. The molecule has 0 aliphatic carbocycles. The molecule has 0 radical (unpaired) electrons. The Bertz CT molecular complexity index is 417. The fourth-order valence-electron chi connectivity index (χ4n) is 2.25. The van der Waals surface area contributed by atoms with Crippen molar-refractivity contribution < 1.29 is 4.79 Å². The molecular weight excluding hydrogens is 272 g/mol. The molecule has 0 aromatic heterocycles. The van der Waals surface area contributed by atoms with E-state index in [1.165, 1.54) is 0 Å². The molecule has 1 aromatic rings. The molecule has 0 saturated heterocycles. The second kappa shape index (κ2) is 8.28. The first-order chi connectivity index (χ1) is 9.43. The molecule has 1 aromatic carbocycles. The Morgan fingerprint density at radius 3 is 2.40 bits per heavy atom. The van der Waals surface area contributed by atoms with Crippen LogP contribution in [0.15, 0.2) is 24.3 Å². The first-order valence-corrected chi connectivity index (χ1v) is 7.62. The number of halogens is 1. The van der Waals surface area contributed by atoms with E-state index in [-0.39, 0.29) is 18.0 Å². The third kappa shape index (κ3) is 5.51. The summed E-state index contributed by atoms with van der Waals surface area (Å²) in [6, 6.07) is 7.55. The average Bonchev–Trinajstić information content (AvgIpc) is 2.37. The molecule has 20 heavy (non-hydrogen) atoms. The number of carbonyl (C=O) groups is 1. The number of hydrogen-bond acceptors (Lipinski definition) is 2. The van der Waals surface area contributed by atoms with Crippen molar-refractivity contribution in [1.29, 1.82) is 0 Å². The summed E-state index contributed by atoms with van der Waals surface area (Å²) in [4.78, 5) is 12.1. The third-order valence-electron chi connectivity index (χ3n) is 3.32. The Morgan fingerprint density at radius 1 is 1.30 bits per heavy atom. The molecule has 0 saturated carbocycles. The van der Waals surface area contributed by atoms with E-state index in [4.69, 9.17) is 17.3 Å². The monoisotopic (exact) mass is 296 g/mol. The van der Waals surface area contributed by atoms with Crippen molar-refractivity contribution in [3.63, 3.8) is 0 Å². The molecule has 0 aliphatic heterocycles. The smallest absolute Gasteiger partial charge is 0.222 e. The highest BCUT2D eigenvalue weighted by Gasteiger charge is 2.19. The first kappa shape index (κ1) is 17.0. The predicted molar refractivity (Wildman–Crippen MR) is 84.7 cm³/mol. The van der Waals surface area contributed by atoms with Crippen molar-refractivity contribution in [2.24, 2.45) is 11.7 Å². The van der Waals surface area contributed by atoms with Crippen molar-refractivity contribution in [3.05, 3.63) is 34.9 Å². The summed E-state index contributed by atoms with van der Waals surface area (Å²) in [6.45, 7) is 6.25. The zero-order chi connectivity index (χ0) is 15.1. The molecular formula is C16H25ClN2O. The van der Waals surface area contributed by atoms with E-state index in [1.54, 1.807) is 0 Å². The van der Waals surface area contributed by atoms with Crippen LogP contribution in [-0.4, -0.2) is 11.9 Å². The van der Waals surface area contributed by atoms with Crippen LogP contribution in [0.3, 0.4) is 0 Å². The molecule has 0 fully saturated rings. The van der Waals surface area contributed by atoms with E-state index in [9.17, 15) is 4.79 Å². The fraction of sp³-hybridized carbons (Fsp3) is 0.562. The lowest BCUT2D eigenvalue weighted by atomic mass is 9.95. The van der Waals surface area contributed by atoms with Gasteiger partial charge in [-0.3, -0.25) is 4.79 Å². The minimum absolute atomic E-state index is 0.00593. The molecule has 3 nitrogen and oxygen atoms in total. The highest BCUT2D eigenvalue weighted by Crippen LogP contribution is 2.23. The molecule has 0 spiro atoms. The number of benzene rings is 1. The summed E-state index contributed by atoms with van der Waals surface area (Å²) in [6.07, 6.45) is 2.25. The zero-order valence-electron chi connectivity index (χ0n) is 12.5. The lowest BCUT2D eigenvalue weighted by molar-refractivity contribution is -0.122. The van der Waals surface area contributed by atoms with Gasteiger partial charge in [0.2, 0.25) is 5.91 Å². The van der Waals surface area contributed by atoms with Crippen LogP contribution in [0.25, 0.3) is 0 Å². The van der Waals surface area contributed by atoms with E-state index in [0.717, 1.165) is 18.4 Å². The van der Waals surface area contributed by atoms with Gasteiger partial charge in [-0.15, -0.1) is 0 Å². The maximum absolute atomic E-state index is 12.1. The Labute approximate surface area is 126 Å². The molecule has 0 bridgehead atoms. The molecule has 0 heterocycles. The Morgan fingerprint density at radius 2 is 1.90 bits per heavy atom. The van der Waals surface area contributed by atoms with Gasteiger partial charge in [0.05, 0.1) is 6.04 Å². The Kier molecular flexibility index (Phi) is 7.03. The van der Waals surface area contributed by atoms with Crippen molar-refractivity contribution in [2.45, 2.75) is 52.1 Å². The average molecular weight is 297 g/mol. The van der Waals surface area contributed by atoms with Gasteiger partial charge in [-0.25, -0.2) is 0 Å². The fourth-order valence-corrected chi connectivity index (χ4v) is 2.37. The van der Waals surface area contributed by atoms with Gasteiger partial charge in [0, 0.05) is 17.5 Å². The summed E-state index contributed by atoms with van der Waals surface area (Å²) in [5.74, 6) is 0.321. The summed E-state index contributed by atoms with van der Waals surface area (Å²) in [7, 11) is 0. The topological polar surface area (TPSA) is 55.1 Å². The highest BCUT2D eigenvalue weighted by molar-refractivity contribution is 6.30. The normalized spacial score (nSPS) is 14.1. The van der Waals surface area contributed by atoms with Crippen LogP contribution in [0, 0.1) is 5.92 Å². The molecule has 2 atom stereocenters. The molecule has 112 valence electrons. The van der Waals surface area contributed by atoms with Crippen LogP contribution < -0.4 is 11.1 Å². The van der Waals surface area contributed by atoms with Crippen molar-refractivity contribution in [3.8, 4) is 0 Å². The summed E-state index contributed by atoms with van der Waals surface area (Å²) >= 11 is 5.90. The van der Waals surface area contributed by atoms with Gasteiger partial charge in [-0.1, -0.05) is 50.9 Å². The van der Waals surface area contributed by atoms with Crippen LogP contribution in [0.5, 0.6) is 0 Å². The first-order valence-electron chi connectivity index (χ1n) is 7.24. The summed E-state index contributed by atoms with van der Waals surface area (Å²) in [5, 5.41) is 3.78. The van der Waals surface area contributed by atoms with Gasteiger partial charge >= 0.3 is 0 Å². The highest BCUT2D eigenvalue weighted by atomic mass is 35.5. The molecule has 0 aliphatic rings. The van der Waals surface area contributed by atoms with Crippen LogP contribution in [0.1, 0.15) is 51.6 Å². The third-order valence-corrected chi connectivity index (χ3v) is 3.57. The van der Waals surface area contributed by atoms with Crippen LogP contribution >= 0.6 is 11.6 Å². The lowest BCUT2D eigenvalue weighted by Crippen LogP contribution is -2.36. The quantitative estimate of drug-likeness (QED) is 0.806. The predicted octanol–water partition coefficient (Wildman–Crippen LogP) is 3.67. The maximum Gasteiger partial charge on any atom is 0.222 e. The van der Waals surface area contributed by atoms with Crippen LogP contribution in [0.2, 0.25) is 5.02 Å². The van der Waals surface area contributed by atoms with Gasteiger partial charge in [0.15, 0.2) is 0 Å². The van der Waals surface area contributed by atoms with E-state index in [0.29, 0.717) is 17.4 Å². The van der Waals surface area contributed by atoms with Gasteiger partial charge in [-0.05, 0) is 30.0 Å². The number of rotatable bonds is 7. The maximum atomic E-state index is 12.1. The van der Waals surface area contributed by atoms with Gasteiger partial charge in [-0.2, -0.15) is 0 Å². The minimum Gasteiger partial charge on any atom is -0.349 e. The molecule has 2 unspecified atom stereocenters. The Balaban J connectivity index is 2.68. The molecule has 1 rings (SSSR count). The molecule has 3 N–H and O–H groups in total. The van der Waals surface area contributed by atoms with E-state index < -0.39 is 0 Å². The largest absolute Gasteiger partial charge is 0.349 e. The van der Waals surface area contributed by atoms with E-state index in [1.807, 2.05) is 24.3 Å². The van der Waals surface area contributed by atoms with Crippen molar-refractivity contribution >= 4 is 17.5 Å². The number of amides is 1. The van der Waals surface area contributed by atoms with Crippen LogP contribution in [0.4, 0.5) is 0 Å². The minimum atomic E-state index is -0.0574. The van der Waals surface area contributed by atoms with E-state index in [2.05, 4.69) is 26.1 Å². The van der Waals surface area contributed by atoms with Crippen molar-refractivity contribution in [1.82, 2.24) is 5.32 Å². The van der Waals surface area contributed by atoms with Gasteiger partial charge < -0.3 is 11.1 Å². The zero-order valence-corrected chi connectivity index (χ0v) is 13.3. The van der Waals surface area contributed by atoms with Crippen LogP contribution in [-0.2, 0) is 4.79 Å². The SMILES string of the molecule is CCCC(N)CC(=O)NC(c1ccc(Cl)cc1)C(C)C. The van der Waals surface area contributed by atoms with Gasteiger partial charge in [0.25, 0.3) is 0 Å². The second-order valence-corrected chi connectivity index (χ2v) is 6.03. The van der Waals surface area contributed by atoms with Gasteiger partial charge in [0.1, 0.15) is 0 Å². The number of nitrogens with one attached hydrogen (secondary N) is 1. The van der Waals surface area contributed by atoms with E-state index >= 15 is 0 Å². The Hall–Kier alpha value is -1.06.